The van der Waals surface area contributed by atoms with Crippen LogP contribution in [0.3, 0.4) is 0 Å². The van der Waals surface area contributed by atoms with Crippen LogP contribution >= 0.6 is 11.6 Å². The molecule has 0 radical (unpaired) electrons. The van der Waals surface area contributed by atoms with Crippen molar-refractivity contribution in [2.45, 2.75) is 26.1 Å². The zero-order valence-corrected chi connectivity index (χ0v) is 11.1. The number of aromatic carboxylic acids is 1. The molecule has 2 atom stereocenters. The van der Waals surface area contributed by atoms with E-state index in [-0.39, 0.29) is 22.8 Å². The second kappa shape index (κ2) is 5.16. The van der Waals surface area contributed by atoms with E-state index >= 15 is 0 Å². The number of halogens is 1. The number of hydrogen-bond donors (Lipinski definition) is 1. The van der Waals surface area contributed by atoms with Crippen molar-refractivity contribution in [3.63, 3.8) is 0 Å². The van der Waals surface area contributed by atoms with Gasteiger partial charge in [-0.1, -0.05) is 17.7 Å². The van der Waals surface area contributed by atoms with Crippen LogP contribution in [-0.4, -0.2) is 36.4 Å². The van der Waals surface area contributed by atoms with Crippen molar-refractivity contribution >= 4 is 23.3 Å². The number of hydrogen-bond acceptors (Lipinski definition) is 3. The van der Waals surface area contributed by atoms with Crippen LogP contribution in [0, 0.1) is 0 Å². The maximum Gasteiger partial charge on any atom is 0.339 e. The van der Waals surface area contributed by atoms with Gasteiger partial charge in [-0.25, -0.2) is 4.79 Å². The molecule has 0 aromatic heterocycles. The lowest BCUT2D eigenvalue weighted by Crippen LogP contribution is -2.46. The molecule has 0 spiro atoms. The number of morpholine rings is 1. The topological polar surface area (TPSA) is 49.8 Å². The first-order valence-electron chi connectivity index (χ1n) is 5.91. The summed E-state index contributed by atoms with van der Waals surface area (Å²) in [6.45, 7) is 5.30. The third-order valence-electron chi connectivity index (χ3n) is 2.97. The van der Waals surface area contributed by atoms with E-state index < -0.39 is 5.97 Å². The summed E-state index contributed by atoms with van der Waals surface area (Å²) < 4.78 is 5.65. The normalized spacial score (nSPS) is 24.1. The molecule has 18 heavy (non-hydrogen) atoms. The molecule has 1 heterocycles. The average Bonchev–Trinajstić information content (AvgIpc) is 2.26. The van der Waals surface area contributed by atoms with Crippen molar-refractivity contribution in [2.75, 3.05) is 18.0 Å². The van der Waals surface area contributed by atoms with E-state index in [1.807, 2.05) is 18.7 Å². The predicted molar refractivity (Wildman–Crippen MR) is 70.6 cm³/mol. The van der Waals surface area contributed by atoms with Crippen molar-refractivity contribution in [3.8, 4) is 0 Å². The molecular weight excluding hydrogens is 254 g/mol. The Balaban J connectivity index is 2.38. The fraction of sp³-hybridized carbons (Fsp3) is 0.462. The minimum absolute atomic E-state index is 0.0781. The molecule has 1 aliphatic rings. The molecule has 1 saturated heterocycles. The largest absolute Gasteiger partial charge is 0.478 e. The van der Waals surface area contributed by atoms with Crippen LogP contribution in [0.1, 0.15) is 24.2 Å². The number of rotatable bonds is 2. The summed E-state index contributed by atoms with van der Waals surface area (Å²) in [4.78, 5) is 13.3. The molecule has 1 aromatic carbocycles. The van der Waals surface area contributed by atoms with Crippen LogP contribution in [0.4, 0.5) is 5.69 Å². The van der Waals surface area contributed by atoms with Gasteiger partial charge in [-0.05, 0) is 26.0 Å². The van der Waals surface area contributed by atoms with E-state index in [2.05, 4.69) is 0 Å². The van der Waals surface area contributed by atoms with Gasteiger partial charge in [0.15, 0.2) is 0 Å². The smallest absolute Gasteiger partial charge is 0.339 e. The number of benzene rings is 1. The molecular formula is C13H16ClNO3. The Labute approximate surface area is 111 Å². The van der Waals surface area contributed by atoms with Gasteiger partial charge in [0.25, 0.3) is 0 Å². The van der Waals surface area contributed by atoms with E-state index in [1.54, 1.807) is 18.2 Å². The first kappa shape index (κ1) is 13.2. The predicted octanol–water partition coefficient (Wildman–Crippen LogP) is 2.65. The highest BCUT2D eigenvalue weighted by molar-refractivity contribution is 6.34. The lowest BCUT2D eigenvalue weighted by molar-refractivity contribution is -0.00531. The Kier molecular flexibility index (Phi) is 3.78. The van der Waals surface area contributed by atoms with E-state index in [4.69, 9.17) is 16.3 Å². The lowest BCUT2D eigenvalue weighted by atomic mass is 10.1. The zero-order chi connectivity index (χ0) is 13.3. The van der Waals surface area contributed by atoms with Crippen molar-refractivity contribution in [1.82, 2.24) is 0 Å². The quantitative estimate of drug-likeness (QED) is 0.897. The Bertz CT molecular complexity index is 454. The Hall–Kier alpha value is -1.26. The van der Waals surface area contributed by atoms with Crippen LogP contribution in [0.2, 0.25) is 5.02 Å². The van der Waals surface area contributed by atoms with Crippen molar-refractivity contribution in [1.29, 1.82) is 0 Å². The van der Waals surface area contributed by atoms with Crippen LogP contribution in [0.25, 0.3) is 0 Å². The molecule has 0 saturated carbocycles. The summed E-state index contributed by atoms with van der Waals surface area (Å²) >= 11 is 5.98. The summed E-state index contributed by atoms with van der Waals surface area (Å²) in [5.41, 5.74) is 0.831. The van der Waals surface area contributed by atoms with Gasteiger partial charge < -0.3 is 14.7 Å². The van der Waals surface area contributed by atoms with Gasteiger partial charge in [-0.2, -0.15) is 0 Å². The highest BCUT2D eigenvalue weighted by Crippen LogP contribution is 2.29. The summed E-state index contributed by atoms with van der Waals surface area (Å²) in [6, 6.07) is 5.16. The standard InChI is InChI=1S/C13H16ClNO3/c1-8-6-15(7-9(2)18-8)11-5-3-4-10(14)12(11)13(16)17/h3-5,8-9H,6-7H2,1-2H3,(H,16,17). The van der Waals surface area contributed by atoms with Crippen LogP contribution in [0.5, 0.6) is 0 Å². The number of anilines is 1. The number of ether oxygens (including phenoxy) is 1. The highest BCUT2D eigenvalue weighted by Gasteiger charge is 2.26. The number of carbonyl (C=O) groups is 1. The van der Waals surface area contributed by atoms with Crippen molar-refractivity contribution in [3.05, 3.63) is 28.8 Å². The van der Waals surface area contributed by atoms with Crippen LogP contribution < -0.4 is 4.90 Å². The molecule has 1 N–H and O–H groups in total. The summed E-state index contributed by atoms with van der Waals surface area (Å²) in [7, 11) is 0. The second-order valence-electron chi connectivity index (χ2n) is 4.60. The molecule has 0 aliphatic carbocycles. The van der Waals surface area contributed by atoms with Crippen molar-refractivity contribution in [2.24, 2.45) is 0 Å². The maximum absolute atomic E-state index is 11.3. The average molecular weight is 270 g/mol. The Morgan fingerprint density at radius 3 is 2.56 bits per heavy atom. The monoisotopic (exact) mass is 269 g/mol. The van der Waals surface area contributed by atoms with Crippen LogP contribution in [0.15, 0.2) is 18.2 Å². The van der Waals surface area contributed by atoms with E-state index in [1.165, 1.54) is 0 Å². The van der Waals surface area contributed by atoms with Crippen molar-refractivity contribution < 1.29 is 14.6 Å². The lowest BCUT2D eigenvalue weighted by Gasteiger charge is -2.37. The van der Waals surface area contributed by atoms with Gasteiger partial charge in [0.2, 0.25) is 0 Å². The van der Waals surface area contributed by atoms with E-state index in [0.29, 0.717) is 18.8 Å². The highest BCUT2D eigenvalue weighted by atomic mass is 35.5. The van der Waals surface area contributed by atoms with Crippen LogP contribution in [-0.2, 0) is 4.74 Å². The third-order valence-corrected chi connectivity index (χ3v) is 3.28. The molecule has 2 rings (SSSR count). The maximum atomic E-state index is 11.3. The van der Waals surface area contributed by atoms with Gasteiger partial charge >= 0.3 is 5.97 Å². The minimum Gasteiger partial charge on any atom is -0.478 e. The third kappa shape index (κ3) is 2.60. The molecule has 4 nitrogen and oxygen atoms in total. The SMILES string of the molecule is CC1CN(c2cccc(Cl)c2C(=O)O)CC(C)O1. The molecule has 2 unspecified atom stereocenters. The summed E-state index contributed by atoms with van der Waals surface area (Å²) in [5, 5.41) is 9.54. The Morgan fingerprint density at radius 2 is 2.00 bits per heavy atom. The molecule has 1 fully saturated rings. The molecule has 0 amide bonds. The number of nitrogens with zero attached hydrogens (tertiary/aromatic N) is 1. The molecule has 1 aromatic rings. The number of carboxylic acids is 1. The number of carboxylic acid groups (broad SMARTS) is 1. The first-order chi connectivity index (χ1) is 8.49. The minimum atomic E-state index is -0.998. The fourth-order valence-corrected chi connectivity index (χ4v) is 2.61. The fourth-order valence-electron chi connectivity index (χ4n) is 2.36. The molecule has 5 heteroatoms. The zero-order valence-electron chi connectivity index (χ0n) is 10.4. The molecule has 1 aliphatic heterocycles. The van der Waals surface area contributed by atoms with Gasteiger partial charge in [-0.3, -0.25) is 0 Å². The van der Waals surface area contributed by atoms with E-state index in [0.717, 1.165) is 0 Å². The van der Waals surface area contributed by atoms with E-state index in [9.17, 15) is 9.90 Å². The molecule has 0 bridgehead atoms. The summed E-state index contributed by atoms with van der Waals surface area (Å²) in [6.07, 6.45) is 0.156. The first-order valence-corrected chi connectivity index (χ1v) is 6.29. The molecule has 98 valence electrons. The van der Waals surface area contributed by atoms with Gasteiger partial charge in [0.05, 0.1) is 22.9 Å². The second-order valence-corrected chi connectivity index (χ2v) is 5.01. The van der Waals surface area contributed by atoms with Gasteiger partial charge in [-0.15, -0.1) is 0 Å². The Morgan fingerprint density at radius 1 is 1.39 bits per heavy atom. The van der Waals surface area contributed by atoms with Gasteiger partial charge in [0.1, 0.15) is 5.56 Å². The summed E-state index contributed by atoms with van der Waals surface area (Å²) in [5.74, 6) is -0.998. The van der Waals surface area contributed by atoms with Gasteiger partial charge in [0, 0.05) is 13.1 Å².